The molecule has 0 saturated heterocycles. The van der Waals surface area contributed by atoms with Crippen LogP contribution in [0.1, 0.15) is 10.5 Å². The first kappa shape index (κ1) is 17.4. The van der Waals surface area contributed by atoms with E-state index in [1.165, 1.54) is 30.5 Å². The summed E-state index contributed by atoms with van der Waals surface area (Å²) in [6, 6.07) is 20.2. The van der Waals surface area contributed by atoms with Gasteiger partial charge in [0.1, 0.15) is 17.3 Å². The molecule has 138 valence electrons. The molecule has 0 radical (unpaired) electrons. The number of carbonyl (C=O) groups is 1. The van der Waals surface area contributed by atoms with Crippen LogP contribution in [0, 0.1) is 5.82 Å². The third-order valence-corrected chi connectivity index (χ3v) is 3.92. The molecule has 0 fully saturated rings. The zero-order valence-corrected chi connectivity index (χ0v) is 14.6. The molecule has 4 rings (SSSR count). The number of rotatable bonds is 5. The molecule has 0 aliphatic rings. The van der Waals surface area contributed by atoms with E-state index in [-0.39, 0.29) is 11.7 Å². The number of H-pyrrole nitrogens is 1. The van der Waals surface area contributed by atoms with Crippen molar-refractivity contribution in [1.82, 2.24) is 15.2 Å². The fraction of sp³-hybridized carbons (Fsp3) is 0. The Labute approximate surface area is 160 Å². The Morgan fingerprint density at radius 1 is 1.00 bits per heavy atom. The zero-order chi connectivity index (χ0) is 19.3. The summed E-state index contributed by atoms with van der Waals surface area (Å²) in [6.45, 7) is 0. The van der Waals surface area contributed by atoms with Gasteiger partial charge in [-0.2, -0.15) is 5.10 Å². The summed E-state index contributed by atoms with van der Waals surface area (Å²) in [4.78, 5) is 16.5. The summed E-state index contributed by atoms with van der Waals surface area (Å²) < 4.78 is 18.4. The van der Waals surface area contributed by atoms with Gasteiger partial charge in [0, 0.05) is 11.6 Å². The Morgan fingerprint density at radius 2 is 1.79 bits per heavy atom. The first-order valence-electron chi connectivity index (χ1n) is 8.49. The van der Waals surface area contributed by atoms with Crippen LogP contribution < -0.4 is 10.1 Å². The van der Waals surface area contributed by atoms with Crippen LogP contribution >= 0.6 is 0 Å². The summed E-state index contributed by atoms with van der Waals surface area (Å²) in [7, 11) is 0. The Balaban J connectivity index is 1.41. The number of hydrogen-bond acceptors (Lipinski definition) is 4. The van der Waals surface area contributed by atoms with E-state index in [4.69, 9.17) is 4.74 Å². The van der Waals surface area contributed by atoms with Crippen LogP contribution in [0.2, 0.25) is 0 Å². The van der Waals surface area contributed by atoms with Crippen LogP contribution in [-0.2, 0) is 0 Å². The highest BCUT2D eigenvalue weighted by Gasteiger charge is 2.11. The largest absolute Gasteiger partial charge is 0.439 e. The molecule has 0 saturated carbocycles. The van der Waals surface area contributed by atoms with Gasteiger partial charge < -0.3 is 10.1 Å². The standard InChI is InChI=1S/C21H15FN4O2/c22-15-6-9-17(10-7-15)28-20-11-8-16(13-23-20)24-21(27)19-12-18(25-26-19)14-4-2-1-3-5-14/h1-13H,(H,24,27)(H,25,26). The molecule has 4 aromatic rings. The molecule has 0 unspecified atom stereocenters. The molecule has 2 aromatic carbocycles. The van der Waals surface area contributed by atoms with E-state index in [0.717, 1.165) is 5.56 Å². The quantitative estimate of drug-likeness (QED) is 0.533. The van der Waals surface area contributed by atoms with Crippen LogP contribution in [0.5, 0.6) is 11.6 Å². The van der Waals surface area contributed by atoms with E-state index in [0.29, 0.717) is 28.7 Å². The number of anilines is 1. The van der Waals surface area contributed by atoms with E-state index >= 15 is 0 Å². The van der Waals surface area contributed by atoms with Crippen molar-refractivity contribution in [2.45, 2.75) is 0 Å². The van der Waals surface area contributed by atoms with Crippen LogP contribution in [0.4, 0.5) is 10.1 Å². The maximum Gasteiger partial charge on any atom is 0.273 e. The monoisotopic (exact) mass is 374 g/mol. The fourth-order valence-corrected chi connectivity index (χ4v) is 2.53. The van der Waals surface area contributed by atoms with Gasteiger partial charge in [0.05, 0.1) is 17.6 Å². The predicted octanol–water partition coefficient (Wildman–Crippen LogP) is 4.66. The summed E-state index contributed by atoms with van der Waals surface area (Å²) in [5.41, 5.74) is 2.45. The first-order valence-corrected chi connectivity index (χ1v) is 8.49. The SMILES string of the molecule is O=C(Nc1ccc(Oc2ccc(F)cc2)nc1)c1cc(-c2ccccc2)n[nH]1. The third-order valence-electron chi connectivity index (χ3n) is 3.92. The highest BCUT2D eigenvalue weighted by molar-refractivity contribution is 6.03. The van der Waals surface area contributed by atoms with Gasteiger partial charge in [0.2, 0.25) is 5.88 Å². The third kappa shape index (κ3) is 4.04. The van der Waals surface area contributed by atoms with Crippen LogP contribution in [-0.4, -0.2) is 21.1 Å². The lowest BCUT2D eigenvalue weighted by Crippen LogP contribution is -2.12. The van der Waals surface area contributed by atoms with Crippen molar-refractivity contribution >= 4 is 11.6 Å². The molecule has 7 heteroatoms. The number of halogens is 1. The molecular weight excluding hydrogens is 359 g/mol. The molecule has 0 atom stereocenters. The molecule has 2 heterocycles. The lowest BCUT2D eigenvalue weighted by Gasteiger charge is -2.06. The van der Waals surface area contributed by atoms with Gasteiger partial charge in [0.25, 0.3) is 5.91 Å². The summed E-state index contributed by atoms with van der Waals surface area (Å²) in [5.74, 6) is 0.130. The second-order valence-corrected chi connectivity index (χ2v) is 5.93. The maximum atomic E-state index is 12.9. The van der Waals surface area contributed by atoms with Gasteiger partial charge in [-0.1, -0.05) is 30.3 Å². The van der Waals surface area contributed by atoms with Crippen molar-refractivity contribution in [3.8, 4) is 22.9 Å². The van der Waals surface area contributed by atoms with Crippen molar-refractivity contribution in [2.75, 3.05) is 5.32 Å². The average molecular weight is 374 g/mol. The van der Waals surface area contributed by atoms with Crippen molar-refractivity contribution < 1.29 is 13.9 Å². The van der Waals surface area contributed by atoms with Crippen molar-refractivity contribution in [2.24, 2.45) is 0 Å². The second-order valence-electron chi connectivity index (χ2n) is 5.93. The number of nitrogens with zero attached hydrogens (tertiary/aromatic N) is 2. The topological polar surface area (TPSA) is 79.9 Å². The minimum atomic E-state index is -0.340. The minimum absolute atomic E-state index is 0.330. The van der Waals surface area contributed by atoms with E-state index in [1.807, 2.05) is 30.3 Å². The second kappa shape index (κ2) is 7.71. The molecule has 2 aromatic heterocycles. The van der Waals surface area contributed by atoms with Crippen molar-refractivity contribution in [3.63, 3.8) is 0 Å². The number of amides is 1. The highest BCUT2D eigenvalue weighted by Crippen LogP contribution is 2.21. The van der Waals surface area contributed by atoms with Crippen LogP contribution in [0.15, 0.2) is 79.0 Å². The van der Waals surface area contributed by atoms with Gasteiger partial charge >= 0.3 is 0 Å². The summed E-state index contributed by atoms with van der Waals surface area (Å²) in [6.07, 6.45) is 1.48. The highest BCUT2D eigenvalue weighted by atomic mass is 19.1. The Kier molecular flexibility index (Phi) is 4.79. The van der Waals surface area contributed by atoms with E-state index < -0.39 is 0 Å². The van der Waals surface area contributed by atoms with Crippen molar-refractivity contribution in [3.05, 3.63) is 90.5 Å². The maximum absolute atomic E-state index is 12.9. The molecule has 0 spiro atoms. The minimum Gasteiger partial charge on any atom is -0.439 e. The van der Waals surface area contributed by atoms with E-state index in [1.54, 1.807) is 18.2 Å². The molecule has 2 N–H and O–H groups in total. The van der Waals surface area contributed by atoms with Crippen LogP contribution in [0.25, 0.3) is 11.3 Å². The fourth-order valence-electron chi connectivity index (χ4n) is 2.53. The van der Waals surface area contributed by atoms with Crippen LogP contribution in [0.3, 0.4) is 0 Å². The van der Waals surface area contributed by atoms with E-state index in [2.05, 4.69) is 20.5 Å². The number of hydrogen-bond donors (Lipinski definition) is 2. The smallest absolute Gasteiger partial charge is 0.273 e. The zero-order valence-electron chi connectivity index (χ0n) is 14.6. The molecule has 1 amide bonds. The molecular formula is C21H15FN4O2. The van der Waals surface area contributed by atoms with Gasteiger partial charge in [-0.05, 0) is 36.4 Å². The predicted molar refractivity (Wildman–Crippen MR) is 103 cm³/mol. The van der Waals surface area contributed by atoms with Crippen molar-refractivity contribution in [1.29, 1.82) is 0 Å². The Morgan fingerprint density at radius 3 is 2.50 bits per heavy atom. The Bertz CT molecular complexity index is 1080. The molecule has 28 heavy (non-hydrogen) atoms. The average Bonchev–Trinajstić information content (AvgIpc) is 3.22. The lowest BCUT2D eigenvalue weighted by molar-refractivity contribution is 0.102. The molecule has 6 nitrogen and oxygen atoms in total. The number of aromatic nitrogens is 3. The molecule has 0 aliphatic carbocycles. The molecule has 0 aliphatic heterocycles. The number of benzene rings is 2. The molecule has 0 bridgehead atoms. The van der Waals surface area contributed by atoms with Gasteiger partial charge in [-0.15, -0.1) is 0 Å². The number of ether oxygens (including phenoxy) is 1. The van der Waals surface area contributed by atoms with Gasteiger partial charge in [-0.3, -0.25) is 9.89 Å². The summed E-state index contributed by atoms with van der Waals surface area (Å²) in [5, 5.41) is 9.65. The number of carbonyl (C=O) groups excluding carboxylic acids is 1. The number of pyridine rings is 1. The van der Waals surface area contributed by atoms with Gasteiger partial charge in [0.15, 0.2) is 0 Å². The lowest BCUT2D eigenvalue weighted by atomic mass is 10.1. The normalized spacial score (nSPS) is 10.5. The van der Waals surface area contributed by atoms with Gasteiger partial charge in [-0.25, -0.2) is 9.37 Å². The number of nitrogens with one attached hydrogen (secondary N) is 2. The first-order chi connectivity index (χ1) is 13.7. The Hall–Kier alpha value is -4.00. The summed E-state index contributed by atoms with van der Waals surface area (Å²) >= 11 is 0. The van der Waals surface area contributed by atoms with E-state index in [9.17, 15) is 9.18 Å². The number of aromatic amines is 1.